The molecule has 12 nitrogen and oxygen atoms in total. The maximum atomic E-state index is 13.2. The van der Waals surface area contributed by atoms with Gasteiger partial charge < -0.3 is 25.4 Å². The predicted molar refractivity (Wildman–Crippen MR) is 122 cm³/mol. The minimum Gasteiger partial charge on any atom is -0.496 e. The minimum absolute atomic E-state index is 0.135. The third-order valence-corrected chi connectivity index (χ3v) is 5.67. The van der Waals surface area contributed by atoms with Crippen LogP contribution in [0.1, 0.15) is 34.5 Å². The molecule has 0 aliphatic carbocycles. The fourth-order valence-corrected chi connectivity index (χ4v) is 3.81. The van der Waals surface area contributed by atoms with Gasteiger partial charge in [-0.3, -0.25) is 4.79 Å². The van der Waals surface area contributed by atoms with Gasteiger partial charge in [0.1, 0.15) is 17.3 Å². The maximum absolute atomic E-state index is 13.2. The average molecular weight is 467 g/mol. The van der Waals surface area contributed by atoms with E-state index in [1.54, 1.807) is 43.1 Å². The van der Waals surface area contributed by atoms with E-state index in [9.17, 15) is 14.7 Å². The average Bonchev–Trinajstić information content (AvgIpc) is 3.36. The molecule has 0 saturated carbocycles. The molecule has 0 saturated heterocycles. The van der Waals surface area contributed by atoms with Crippen LogP contribution in [0.2, 0.25) is 0 Å². The van der Waals surface area contributed by atoms with Crippen molar-refractivity contribution in [3.63, 3.8) is 0 Å². The summed E-state index contributed by atoms with van der Waals surface area (Å²) in [6, 6.07) is 8.21. The summed E-state index contributed by atoms with van der Waals surface area (Å²) in [5.74, 6) is 0.727. The number of anilines is 1. The smallest absolute Gasteiger partial charge is 0.317 e. The highest BCUT2D eigenvalue weighted by atomic mass is 16.5. The van der Waals surface area contributed by atoms with E-state index < -0.39 is 5.91 Å². The number of hydrogen-bond donors (Lipinski definition) is 3. The molecule has 4 rings (SSSR count). The highest BCUT2D eigenvalue weighted by molar-refractivity contribution is 6.06. The number of nitrogens with zero attached hydrogens (tertiary/aromatic N) is 6. The molecular formula is C22H26N8O4. The van der Waals surface area contributed by atoms with Gasteiger partial charge >= 0.3 is 6.03 Å². The first-order valence-electron chi connectivity index (χ1n) is 10.8. The number of aliphatic hydroxyl groups is 1. The van der Waals surface area contributed by atoms with E-state index in [2.05, 4.69) is 31.1 Å². The second-order valence-corrected chi connectivity index (χ2v) is 7.89. The lowest BCUT2D eigenvalue weighted by molar-refractivity contribution is 0.102. The number of aromatic nitrogens is 5. The first kappa shape index (κ1) is 23.1. The van der Waals surface area contributed by atoms with Crippen LogP contribution in [0.3, 0.4) is 0 Å². The SMILES string of the molecule is CNC(=O)N1CCc2cc(OC)c(C(=O)Nc3cccc(-c4nnnn4[C@H](C)CO)n3)cc2C1. The van der Waals surface area contributed by atoms with Gasteiger partial charge in [-0.15, -0.1) is 5.10 Å². The molecule has 1 aliphatic heterocycles. The molecule has 0 unspecified atom stereocenters. The molecule has 0 spiro atoms. The summed E-state index contributed by atoms with van der Waals surface area (Å²) in [5, 5.41) is 26.4. The Morgan fingerprint density at radius 1 is 1.26 bits per heavy atom. The van der Waals surface area contributed by atoms with Crippen LogP contribution in [-0.2, 0) is 13.0 Å². The third kappa shape index (κ3) is 4.53. The van der Waals surface area contributed by atoms with Gasteiger partial charge in [-0.1, -0.05) is 6.07 Å². The van der Waals surface area contributed by atoms with Crippen LogP contribution in [0.15, 0.2) is 30.3 Å². The second-order valence-electron chi connectivity index (χ2n) is 7.89. The quantitative estimate of drug-likeness (QED) is 0.492. The standard InChI is InChI=1S/C22H26N8O4/c1-13(12-31)30-20(26-27-28-30)17-5-4-6-19(24-17)25-21(32)16-9-15-11-29(22(33)23-2)8-7-14(15)10-18(16)34-3/h4-6,9-10,13,31H,7-8,11-12H2,1-3H3,(H,23,33)(H,24,25,32)/t13-/m1/s1. The Labute approximate surface area is 195 Å². The molecule has 3 amide bonds. The lowest BCUT2D eigenvalue weighted by Gasteiger charge is -2.29. The Balaban J connectivity index is 1.60. The summed E-state index contributed by atoms with van der Waals surface area (Å²) in [6.07, 6.45) is 0.672. The van der Waals surface area contributed by atoms with Crippen molar-refractivity contribution >= 4 is 17.8 Å². The summed E-state index contributed by atoms with van der Waals surface area (Å²) >= 11 is 0. The van der Waals surface area contributed by atoms with Crippen LogP contribution >= 0.6 is 0 Å². The number of urea groups is 1. The number of tetrazole rings is 1. The number of methoxy groups -OCH3 is 1. The van der Waals surface area contributed by atoms with Gasteiger partial charge in [-0.2, -0.15) is 0 Å². The Hall–Kier alpha value is -4.06. The molecule has 34 heavy (non-hydrogen) atoms. The number of carbonyl (C=O) groups excluding carboxylic acids is 2. The van der Waals surface area contributed by atoms with E-state index in [1.807, 2.05) is 6.07 Å². The van der Waals surface area contributed by atoms with Crippen molar-refractivity contribution in [1.82, 2.24) is 35.4 Å². The van der Waals surface area contributed by atoms with Crippen LogP contribution in [0, 0.1) is 0 Å². The van der Waals surface area contributed by atoms with E-state index in [0.717, 1.165) is 11.1 Å². The molecule has 3 heterocycles. The largest absolute Gasteiger partial charge is 0.496 e. The first-order chi connectivity index (χ1) is 16.4. The number of nitrogens with one attached hydrogen (secondary N) is 2. The predicted octanol–water partition coefficient (Wildman–Crippen LogP) is 1.25. The highest BCUT2D eigenvalue weighted by Gasteiger charge is 2.24. The zero-order valence-corrected chi connectivity index (χ0v) is 19.1. The number of benzene rings is 1. The van der Waals surface area contributed by atoms with Gasteiger partial charge in [-0.25, -0.2) is 14.5 Å². The van der Waals surface area contributed by atoms with E-state index in [1.165, 1.54) is 11.8 Å². The minimum atomic E-state index is -0.398. The molecule has 3 N–H and O–H groups in total. The Morgan fingerprint density at radius 2 is 2.09 bits per heavy atom. The van der Waals surface area contributed by atoms with Gasteiger partial charge in [0, 0.05) is 20.1 Å². The molecule has 2 aromatic heterocycles. The molecule has 1 atom stereocenters. The first-order valence-corrected chi connectivity index (χ1v) is 10.8. The molecular weight excluding hydrogens is 440 g/mol. The number of pyridine rings is 1. The molecule has 0 radical (unpaired) electrons. The van der Waals surface area contributed by atoms with Crippen molar-refractivity contribution in [2.75, 3.05) is 32.6 Å². The van der Waals surface area contributed by atoms with Crippen molar-refractivity contribution in [3.05, 3.63) is 47.0 Å². The van der Waals surface area contributed by atoms with Crippen LogP contribution in [0.5, 0.6) is 5.75 Å². The van der Waals surface area contributed by atoms with Crippen molar-refractivity contribution in [3.8, 4) is 17.3 Å². The van der Waals surface area contributed by atoms with Gasteiger partial charge in [0.05, 0.1) is 25.3 Å². The lowest BCUT2D eigenvalue weighted by atomic mass is 9.96. The van der Waals surface area contributed by atoms with E-state index in [-0.39, 0.29) is 18.7 Å². The number of ether oxygens (including phenoxy) is 1. The van der Waals surface area contributed by atoms with E-state index >= 15 is 0 Å². The maximum Gasteiger partial charge on any atom is 0.317 e. The van der Waals surface area contributed by atoms with Gasteiger partial charge in [0.25, 0.3) is 5.91 Å². The summed E-state index contributed by atoms with van der Waals surface area (Å²) in [6.45, 7) is 2.63. The summed E-state index contributed by atoms with van der Waals surface area (Å²) < 4.78 is 6.95. The zero-order valence-electron chi connectivity index (χ0n) is 19.1. The number of aliphatic hydroxyl groups excluding tert-OH is 1. The summed E-state index contributed by atoms with van der Waals surface area (Å²) in [5.41, 5.74) is 2.71. The molecule has 0 bridgehead atoms. The topological polar surface area (TPSA) is 147 Å². The number of amides is 3. The van der Waals surface area contributed by atoms with Crippen LogP contribution in [0.4, 0.5) is 10.6 Å². The van der Waals surface area contributed by atoms with Crippen molar-refractivity contribution in [1.29, 1.82) is 0 Å². The Morgan fingerprint density at radius 3 is 2.82 bits per heavy atom. The number of rotatable bonds is 6. The summed E-state index contributed by atoms with van der Waals surface area (Å²) in [7, 11) is 3.11. The molecule has 1 aliphatic rings. The second kappa shape index (κ2) is 9.83. The zero-order chi connectivity index (χ0) is 24.2. The van der Waals surface area contributed by atoms with E-state index in [0.29, 0.717) is 48.2 Å². The molecule has 1 aromatic carbocycles. The monoisotopic (exact) mass is 466 g/mol. The molecule has 3 aromatic rings. The molecule has 12 heteroatoms. The van der Waals surface area contributed by atoms with Crippen LogP contribution in [-0.4, -0.2) is 74.4 Å². The molecule has 0 fully saturated rings. The number of carbonyl (C=O) groups is 2. The Kier molecular flexibility index (Phi) is 6.68. The molecule has 178 valence electrons. The van der Waals surface area contributed by atoms with Crippen LogP contribution in [0.25, 0.3) is 11.5 Å². The normalized spacial score (nSPS) is 13.7. The third-order valence-electron chi connectivity index (χ3n) is 5.67. The Bertz CT molecular complexity index is 1210. The highest BCUT2D eigenvalue weighted by Crippen LogP contribution is 2.29. The van der Waals surface area contributed by atoms with Crippen molar-refractivity contribution in [2.45, 2.75) is 25.9 Å². The summed E-state index contributed by atoms with van der Waals surface area (Å²) in [4.78, 5) is 31.4. The number of hydrogen-bond acceptors (Lipinski definition) is 8. The van der Waals surface area contributed by atoms with Gasteiger partial charge in [-0.05, 0) is 59.2 Å². The lowest BCUT2D eigenvalue weighted by Crippen LogP contribution is -2.41. The number of fused-ring (bicyclic) bond motifs is 1. The van der Waals surface area contributed by atoms with Crippen molar-refractivity contribution < 1.29 is 19.4 Å². The van der Waals surface area contributed by atoms with Crippen molar-refractivity contribution in [2.24, 2.45) is 0 Å². The van der Waals surface area contributed by atoms with Gasteiger partial charge in [0.15, 0.2) is 0 Å². The fourth-order valence-electron chi connectivity index (χ4n) is 3.81. The van der Waals surface area contributed by atoms with Crippen LogP contribution < -0.4 is 15.4 Å². The van der Waals surface area contributed by atoms with E-state index in [4.69, 9.17) is 4.74 Å². The fraction of sp³-hybridized carbons (Fsp3) is 0.364. The van der Waals surface area contributed by atoms with Gasteiger partial charge in [0.2, 0.25) is 5.82 Å².